The average molecular weight is 328 g/mol. The van der Waals surface area contributed by atoms with Crippen molar-refractivity contribution >= 4 is 34.8 Å². The van der Waals surface area contributed by atoms with Crippen LogP contribution in [0.15, 0.2) is 30.9 Å². The van der Waals surface area contributed by atoms with Crippen LogP contribution in [0.25, 0.3) is 0 Å². The molecule has 6 heteroatoms. The Balaban J connectivity index is 1.81. The molecule has 1 fully saturated rings. The van der Waals surface area contributed by atoms with Gasteiger partial charge in [0.1, 0.15) is 0 Å². The SMILES string of the molecule is C=CCN1CCN(CC(=O)Nc2cc(Cl)cc(Cl)c2)CC1. The van der Waals surface area contributed by atoms with Crippen molar-refractivity contribution < 1.29 is 4.79 Å². The second-order valence-corrected chi connectivity index (χ2v) is 5.94. The van der Waals surface area contributed by atoms with Crippen LogP contribution in [0.2, 0.25) is 10.0 Å². The van der Waals surface area contributed by atoms with Gasteiger partial charge in [-0.15, -0.1) is 6.58 Å². The van der Waals surface area contributed by atoms with Gasteiger partial charge >= 0.3 is 0 Å². The molecule has 21 heavy (non-hydrogen) atoms. The van der Waals surface area contributed by atoms with E-state index in [0.717, 1.165) is 32.7 Å². The lowest BCUT2D eigenvalue weighted by Crippen LogP contribution is -2.48. The number of nitrogens with one attached hydrogen (secondary N) is 1. The lowest BCUT2D eigenvalue weighted by molar-refractivity contribution is -0.117. The third-order valence-electron chi connectivity index (χ3n) is 3.37. The van der Waals surface area contributed by atoms with Gasteiger partial charge < -0.3 is 5.32 Å². The van der Waals surface area contributed by atoms with Crippen molar-refractivity contribution in [3.63, 3.8) is 0 Å². The maximum atomic E-state index is 12.0. The highest BCUT2D eigenvalue weighted by atomic mass is 35.5. The number of anilines is 1. The molecule has 0 saturated carbocycles. The Kier molecular flexibility index (Phi) is 6.06. The third-order valence-corrected chi connectivity index (χ3v) is 3.80. The molecule has 0 radical (unpaired) electrons. The fourth-order valence-electron chi connectivity index (χ4n) is 2.34. The van der Waals surface area contributed by atoms with Gasteiger partial charge in [-0.1, -0.05) is 29.3 Å². The highest BCUT2D eigenvalue weighted by molar-refractivity contribution is 6.35. The molecule has 0 atom stereocenters. The summed E-state index contributed by atoms with van der Waals surface area (Å²) in [6.07, 6.45) is 1.91. The molecule has 0 bridgehead atoms. The lowest BCUT2D eigenvalue weighted by atomic mass is 10.3. The number of halogens is 2. The van der Waals surface area contributed by atoms with Crippen LogP contribution in [0, 0.1) is 0 Å². The zero-order valence-corrected chi connectivity index (χ0v) is 13.3. The molecule has 1 aromatic carbocycles. The number of rotatable bonds is 5. The molecule has 1 aliphatic rings. The molecule has 114 valence electrons. The van der Waals surface area contributed by atoms with E-state index in [1.165, 1.54) is 0 Å². The molecule has 0 aliphatic carbocycles. The predicted octanol–water partition coefficient (Wildman–Crippen LogP) is 2.74. The Hall–Kier alpha value is -1.07. The molecule has 2 rings (SSSR count). The van der Waals surface area contributed by atoms with Crippen LogP contribution < -0.4 is 5.32 Å². The monoisotopic (exact) mass is 327 g/mol. The summed E-state index contributed by atoms with van der Waals surface area (Å²) in [5, 5.41) is 3.85. The van der Waals surface area contributed by atoms with Crippen LogP contribution >= 0.6 is 23.2 Å². The maximum absolute atomic E-state index is 12.0. The summed E-state index contributed by atoms with van der Waals surface area (Å²) < 4.78 is 0. The summed E-state index contributed by atoms with van der Waals surface area (Å²) in [7, 11) is 0. The summed E-state index contributed by atoms with van der Waals surface area (Å²) in [6.45, 7) is 8.72. The molecule has 1 N–H and O–H groups in total. The normalized spacial score (nSPS) is 16.7. The number of nitrogens with zero attached hydrogens (tertiary/aromatic N) is 2. The number of piperazine rings is 1. The first kappa shape index (κ1) is 16.3. The van der Waals surface area contributed by atoms with Crippen molar-refractivity contribution in [3.8, 4) is 0 Å². The van der Waals surface area contributed by atoms with Gasteiger partial charge in [0, 0.05) is 48.5 Å². The van der Waals surface area contributed by atoms with E-state index in [-0.39, 0.29) is 5.91 Å². The molecular formula is C15H19Cl2N3O. The summed E-state index contributed by atoms with van der Waals surface area (Å²) in [5.41, 5.74) is 0.628. The van der Waals surface area contributed by atoms with Gasteiger partial charge in [-0.2, -0.15) is 0 Å². The smallest absolute Gasteiger partial charge is 0.238 e. The second-order valence-electron chi connectivity index (χ2n) is 5.07. The van der Waals surface area contributed by atoms with Gasteiger partial charge in [0.2, 0.25) is 5.91 Å². The summed E-state index contributed by atoms with van der Waals surface area (Å²) >= 11 is 11.8. The van der Waals surface area contributed by atoms with Crippen LogP contribution in [0.1, 0.15) is 0 Å². The standard InChI is InChI=1S/C15H19Cl2N3O/c1-2-3-19-4-6-20(7-5-19)11-15(21)18-14-9-12(16)8-13(17)10-14/h2,8-10H,1,3-7,11H2,(H,18,21). The van der Waals surface area contributed by atoms with Crippen molar-refractivity contribution in [2.45, 2.75) is 0 Å². The Morgan fingerprint density at radius 1 is 1.14 bits per heavy atom. The van der Waals surface area contributed by atoms with Crippen LogP contribution in [0.3, 0.4) is 0 Å². The highest BCUT2D eigenvalue weighted by Gasteiger charge is 2.18. The number of benzene rings is 1. The van der Waals surface area contributed by atoms with Crippen LogP contribution in [0.4, 0.5) is 5.69 Å². The molecule has 0 spiro atoms. The van der Waals surface area contributed by atoms with E-state index in [1.807, 2.05) is 6.08 Å². The molecule has 4 nitrogen and oxygen atoms in total. The van der Waals surface area contributed by atoms with Gasteiger partial charge in [0.05, 0.1) is 6.54 Å². The fourth-order valence-corrected chi connectivity index (χ4v) is 2.87. The van der Waals surface area contributed by atoms with E-state index in [4.69, 9.17) is 23.2 Å². The highest BCUT2D eigenvalue weighted by Crippen LogP contribution is 2.22. The molecule has 0 aromatic heterocycles. The molecular weight excluding hydrogens is 309 g/mol. The largest absolute Gasteiger partial charge is 0.325 e. The number of carbonyl (C=O) groups excluding carboxylic acids is 1. The average Bonchev–Trinajstić information content (AvgIpc) is 2.40. The quantitative estimate of drug-likeness (QED) is 0.844. The van der Waals surface area contributed by atoms with E-state index in [2.05, 4.69) is 21.7 Å². The van der Waals surface area contributed by atoms with Crippen LogP contribution in [-0.4, -0.2) is 55.0 Å². The first-order valence-corrected chi connectivity index (χ1v) is 7.64. The Bertz CT molecular complexity index is 493. The van der Waals surface area contributed by atoms with E-state index >= 15 is 0 Å². The van der Waals surface area contributed by atoms with Crippen molar-refractivity contribution in [1.82, 2.24) is 9.80 Å². The lowest BCUT2D eigenvalue weighted by Gasteiger charge is -2.33. The Morgan fingerprint density at radius 3 is 2.29 bits per heavy atom. The van der Waals surface area contributed by atoms with Gasteiger partial charge in [0.25, 0.3) is 0 Å². The van der Waals surface area contributed by atoms with Crippen LogP contribution in [-0.2, 0) is 4.79 Å². The minimum absolute atomic E-state index is 0.0505. The van der Waals surface area contributed by atoms with Crippen molar-refractivity contribution in [3.05, 3.63) is 40.9 Å². The van der Waals surface area contributed by atoms with Gasteiger partial charge in [0.15, 0.2) is 0 Å². The van der Waals surface area contributed by atoms with E-state index in [9.17, 15) is 4.79 Å². The van der Waals surface area contributed by atoms with Gasteiger partial charge in [-0.3, -0.25) is 14.6 Å². The third kappa shape index (κ3) is 5.32. The summed E-state index contributed by atoms with van der Waals surface area (Å²) in [4.78, 5) is 16.5. The minimum Gasteiger partial charge on any atom is -0.325 e. The number of hydrogen-bond acceptors (Lipinski definition) is 3. The van der Waals surface area contributed by atoms with Crippen molar-refractivity contribution in [2.24, 2.45) is 0 Å². The van der Waals surface area contributed by atoms with E-state index in [0.29, 0.717) is 22.3 Å². The van der Waals surface area contributed by atoms with Gasteiger partial charge in [-0.05, 0) is 18.2 Å². The van der Waals surface area contributed by atoms with Gasteiger partial charge in [-0.25, -0.2) is 0 Å². The number of amides is 1. The van der Waals surface area contributed by atoms with Crippen molar-refractivity contribution in [1.29, 1.82) is 0 Å². The Morgan fingerprint density at radius 2 is 1.71 bits per heavy atom. The molecule has 1 amide bonds. The van der Waals surface area contributed by atoms with E-state index in [1.54, 1.807) is 18.2 Å². The maximum Gasteiger partial charge on any atom is 0.238 e. The molecule has 1 saturated heterocycles. The molecule has 1 aromatic rings. The molecule has 1 aliphatic heterocycles. The zero-order chi connectivity index (χ0) is 15.2. The molecule has 1 heterocycles. The fraction of sp³-hybridized carbons (Fsp3) is 0.400. The predicted molar refractivity (Wildman–Crippen MR) is 88.2 cm³/mol. The summed E-state index contributed by atoms with van der Waals surface area (Å²) in [6, 6.07) is 5.01. The second kappa shape index (κ2) is 7.80. The topological polar surface area (TPSA) is 35.6 Å². The zero-order valence-electron chi connectivity index (χ0n) is 11.8. The first-order valence-electron chi connectivity index (χ1n) is 6.88. The minimum atomic E-state index is -0.0505. The summed E-state index contributed by atoms with van der Waals surface area (Å²) in [5.74, 6) is -0.0505. The number of hydrogen-bond donors (Lipinski definition) is 1. The first-order chi connectivity index (χ1) is 10.1. The molecule has 0 unspecified atom stereocenters. The number of carbonyl (C=O) groups is 1. The van der Waals surface area contributed by atoms with E-state index < -0.39 is 0 Å². The Labute approximate surface area is 135 Å². The van der Waals surface area contributed by atoms with Crippen LogP contribution in [0.5, 0.6) is 0 Å². The van der Waals surface area contributed by atoms with Crippen molar-refractivity contribution in [2.75, 3.05) is 44.6 Å².